The largest absolute Gasteiger partial charge is 0.514 e. The normalized spacial score (nSPS) is 10.5. The van der Waals surface area contributed by atoms with Gasteiger partial charge in [-0.05, 0) is 0 Å². The van der Waals surface area contributed by atoms with Crippen molar-refractivity contribution < 1.29 is 27.9 Å². The van der Waals surface area contributed by atoms with Gasteiger partial charge in [-0.15, -0.1) is 0 Å². The third-order valence-electron chi connectivity index (χ3n) is 0.403. The van der Waals surface area contributed by atoms with Crippen molar-refractivity contribution in [3.05, 3.63) is 0 Å². The van der Waals surface area contributed by atoms with Gasteiger partial charge in [0, 0.05) is 0 Å². The van der Waals surface area contributed by atoms with Crippen molar-refractivity contribution in [2.24, 2.45) is 5.14 Å². The Bertz CT molecular complexity index is 251. The Morgan fingerprint density at radius 2 is 1.80 bits per heavy atom. The highest BCUT2D eigenvalue weighted by Gasteiger charge is 2.21. The Morgan fingerprint density at radius 3 is 1.90 bits per heavy atom. The second kappa shape index (κ2) is 2.62. The van der Waals surface area contributed by atoms with E-state index >= 15 is 0 Å². The van der Waals surface area contributed by atoms with Crippen LogP contribution in [0.1, 0.15) is 0 Å². The summed E-state index contributed by atoms with van der Waals surface area (Å²) in [6.07, 6.45) is -2.01. The SMILES string of the molecule is NS(=O)(=O)C(=O)OC(=O)O. The summed E-state index contributed by atoms with van der Waals surface area (Å²) in [5.74, 6) is 0. The van der Waals surface area contributed by atoms with E-state index in [1.165, 1.54) is 0 Å². The molecule has 3 N–H and O–H groups in total. The quantitative estimate of drug-likeness (QED) is 0.357. The lowest BCUT2D eigenvalue weighted by molar-refractivity contribution is 0.120. The summed E-state index contributed by atoms with van der Waals surface area (Å²) < 4.78 is 23.0. The number of rotatable bonds is 0. The lowest BCUT2D eigenvalue weighted by Crippen LogP contribution is -2.25. The third kappa shape index (κ3) is 2.99. The first-order valence-corrected chi connectivity index (χ1v) is 3.36. The molecule has 0 unspecified atom stereocenters. The fraction of sp³-hybridized carbons (Fsp3) is 0. The van der Waals surface area contributed by atoms with Gasteiger partial charge in [0.25, 0.3) is 0 Å². The zero-order valence-corrected chi connectivity index (χ0v) is 5.29. The Kier molecular flexibility index (Phi) is 2.32. The molecule has 0 heterocycles. The highest BCUT2D eigenvalue weighted by Crippen LogP contribution is 1.87. The Labute approximate surface area is 55.4 Å². The lowest BCUT2D eigenvalue weighted by atomic mass is 11.3. The molecule has 8 heteroatoms. The molecule has 0 radical (unpaired) electrons. The van der Waals surface area contributed by atoms with E-state index in [0.717, 1.165) is 0 Å². The third-order valence-corrected chi connectivity index (χ3v) is 0.951. The van der Waals surface area contributed by atoms with Crippen LogP contribution in [0.15, 0.2) is 0 Å². The highest BCUT2D eigenvalue weighted by molar-refractivity contribution is 8.03. The van der Waals surface area contributed by atoms with Gasteiger partial charge in [0.15, 0.2) is 0 Å². The second-order valence-electron chi connectivity index (χ2n) is 1.16. The number of nitrogens with two attached hydrogens (primary N) is 1. The van der Waals surface area contributed by atoms with Gasteiger partial charge < -0.3 is 9.84 Å². The molecule has 0 aliphatic carbocycles. The van der Waals surface area contributed by atoms with Crippen molar-refractivity contribution in [3.8, 4) is 0 Å². The van der Waals surface area contributed by atoms with Gasteiger partial charge in [0.1, 0.15) is 0 Å². The topological polar surface area (TPSA) is 124 Å². The summed E-state index contributed by atoms with van der Waals surface area (Å²) in [6.45, 7) is 0. The summed E-state index contributed by atoms with van der Waals surface area (Å²) in [4.78, 5) is 19.5. The van der Waals surface area contributed by atoms with Gasteiger partial charge in [-0.1, -0.05) is 0 Å². The van der Waals surface area contributed by atoms with Crippen molar-refractivity contribution in [3.63, 3.8) is 0 Å². The van der Waals surface area contributed by atoms with E-state index in [9.17, 15) is 18.0 Å². The molecule has 0 aliphatic heterocycles. The molecule has 0 saturated carbocycles. The van der Waals surface area contributed by atoms with Gasteiger partial charge in [0.05, 0.1) is 0 Å². The molecule has 0 amide bonds. The summed E-state index contributed by atoms with van der Waals surface area (Å²) in [5.41, 5.74) is 0. The number of ether oxygens (including phenoxy) is 1. The summed E-state index contributed by atoms with van der Waals surface area (Å²) in [6, 6.07) is 0. The van der Waals surface area contributed by atoms with Crippen molar-refractivity contribution in [1.82, 2.24) is 0 Å². The number of hydrogen-bond donors (Lipinski definition) is 2. The van der Waals surface area contributed by atoms with Gasteiger partial charge in [-0.25, -0.2) is 23.1 Å². The number of carbonyl (C=O) groups excluding carboxylic acids is 1. The number of hydrogen-bond acceptors (Lipinski definition) is 5. The molecular weight excluding hydrogens is 166 g/mol. The molecule has 10 heavy (non-hydrogen) atoms. The molecule has 0 fully saturated rings. The minimum atomic E-state index is -4.54. The van der Waals surface area contributed by atoms with Gasteiger partial charge in [-0.2, -0.15) is 0 Å². The summed E-state index contributed by atoms with van der Waals surface area (Å²) >= 11 is 0. The van der Waals surface area contributed by atoms with E-state index in [2.05, 4.69) is 9.88 Å². The Hall–Kier alpha value is -1.15. The van der Waals surface area contributed by atoms with Crippen molar-refractivity contribution in [2.45, 2.75) is 0 Å². The van der Waals surface area contributed by atoms with Crippen LogP contribution in [-0.4, -0.2) is 25.0 Å². The molecule has 0 aliphatic rings. The first kappa shape index (κ1) is 8.85. The minimum Gasteiger partial charge on any atom is -0.449 e. The smallest absolute Gasteiger partial charge is 0.449 e. The molecule has 7 nitrogen and oxygen atoms in total. The number of carbonyl (C=O) groups is 2. The Morgan fingerprint density at radius 1 is 1.40 bits per heavy atom. The average Bonchev–Trinajstić information content (AvgIpc) is 1.60. The van der Waals surface area contributed by atoms with Crippen LogP contribution in [0.25, 0.3) is 0 Å². The van der Waals surface area contributed by atoms with E-state index in [4.69, 9.17) is 5.11 Å². The van der Waals surface area contributed by atoms with Crippen LogP contribution in [0, 0.1) is 0 Å². The van der Waals surface area contributed by atoms with Crippen molar-refractivity contribution in [1.29, 1.82) is 0 Å². The summed E-state index contributed by atoms with van der Waals surface area (Å²) in [7, 11) is -4.54. The molecule has 0 bridgehead atoms. The van der Waals surface area contributed by atoms with Crippen molar-refractivity contribution in [2.75, 3.05) is 0 Å². The Balaban J connectivity index is 4.28. The number of sulfonamides is 1. The van der Waals surface area contributed by atoms with Gasteiger partial charge in [0.2, 0.25) is 0 Å². The molecule has 0 atom stereocenters. The minimum absolute atomic E-state index is 1.99. The van der Waals surface area contributed by atoms with Crippen LogP contribution in [0.3, 0.4) is 0 Å². The molecule has 58 valence electrons. The standard InChI is InChI=1S/C2H3NO6S/c3-10(7,8)2(6)9-1(4)5/h(H,4,5)(H2,3,7,8). The molecule has 0 aromatic carbocycles. The lowest BCUT2D eigenvalue weighted by Gasteiger charge is -1.92. The maximum atomic E-state index is 9.96. The molecule has 0 spiro atoms. The molecule has 0 aromatic heterocycles. The van der Waals surface area contributed by atoms with Crippen LogP contribution < -0.4 is 5.14 Å². The monoisotopic (exact) mass is 169 g/mol. The molecular formula is C2H3NO6S. The van der Waals surface area contributed by atoms with Crippen LogP contribution in [0.5, 0.6) is 0 Å². The second-order valence-corrected chi connectivity index (χ2v) is 2.59. The van der Waals surface area contributed by atoms with Crippen molar-refractivity contribution >= 4 is 21.5 Å². The predicted molar refractivity (Wildman–Crippen MR) is 27.6 cm³/mol. The predicted octanol–water partition coefficient (Wildman–Crippen LogP) is -0.910. The van der Waals surface area contributed by atoms with E-state index in [1.807, 2.05) is 0 Å². The number of carboxylic acid groups (broad SMARTS) is 1. The van der Waals surface area contributed by atoms with Gasteiger partial charge in [-0.3, -0.25) is 0 Å². The average molecular weight is 169 g/mol. The fourth-order valence-electron chi connectivity index (χ4n) is 0.129. The maximum Gasteiger partial charge on any atom is 0.514 e. The number of primary sulfonamides is 1. The van der Waals surface area contributed by atoms with E-state index < -0.39 is 21.5 Å². The van der Waals surface area contributed by atoms with E-state index in [0.29, 0.717) is 0 Å². The molecule has 0 saturated heterocycles. The molecule has 0 aromatic rings. The molecule has 0 rings (SSSR count). The van der Waals surface area contributed by atoms with E-state index in [-0.39, 0.29) is 0 Å². The van der Waals surface area contributed by atoms with Crippen LogP contribution >= 0.6 is 0 Å². The first-order valence-electron chi connectivity index (χ1n) is 1.81. The van der Waals surface area contributed by atoms with E-state index in [1.54, 1.807) is 0 Å². The fourth-order valence-corrected chi connectivity index (χ4v) is 0.317. The first-order chi connectivity index (χ1) is 4.34. The van der Waals surface area contributed by atoms with Gasteiger partial charge >= 0.3 is 21.5 Å². The zero-order valence-electron chi connectivity index (χ0n) is 4.47. The maximum absolute atomic E-state index is 9.96. The highest BCUT2D eigenvalue weighted by atomic mass is 32.2. The van der Waals surface area contributed by atoms with Crippen LogP contribution in [-0.2, 0) is 14.8 Å². The van der Waals surface area contributed by atoms with Crippen LogP contribution in [0.4, 0.5) is 9.59 Å². The summed E-state index contributed by atoms with van der Waals surface area (Å²) in [5, 5.41) is 9.86. The van der Waals surface area contributed by atoms with Crippen LogP contribution in [0.2, 0.25) is 0 Å². The zero-order chi connectivity index (χ0) is 8.36.